The van der Waals surface area contributed by atoms with Crippen molar-refractivity contribution in [1.82, 2.24) is 9.78 Å². The van der Waals surface area contributed by atoms with Gasteiger partial charge in [0.2, 0.25) is 5.91 Å². The summed E-state index contributed by atoms with van der Waals surface area (Å²) in [5.41, 5.74) is 3.27. The van der Waals surface area contributed by atoms with Gasteiger partial charge in [0.25, 0.3) is 5.56 Å². The smallest absolute Gasteiger partial charge is 0.267 e. The molecule has 0 spiro atoms. The van der Waals surface area contributed by atoms with Crippen LogP contribution in [0.3, 0.4) is 0 Å². The molecule has 6 heteroatoms. The SMILES string of the molecule is Cc1ccc(NC(=O)Cn2nc3c(cc2=O)CCCC3)cc1Cl. The van der Waals surface area contributed by atoms with E-state index in [1.54, 1.807) is 18.2 Å². The van der Waals surface area contributed by atoms with Gasteiger partial charge in [0.1, 0.15) is 6.54 Å². The minimum Gasteiger partial charge on any atom is -0.324 e. The second-order valence-electron chi connectivity index (χ2n) is 5.83. The third-order valence-electron chi connectivity index (χ3n) is 4.02. The molecule has 1 N–H and O–H groups in total. The molecule has 5 nitrogen and oxygen atoms in total. The first kappa shape index (κ1) is 15.7. The van der Waals surface area contributed by atoms with E-state index in [1.165, 1.54) is 4.68 Å². The molecular weight excluding hydrogens is 314 g/mol. The molecule has 0 saturated carbocycles. The molecule has 0 bridgehead atoms. The van der Waals surface area contributed by atoms with Gasteiger partial charge in [0, 0.05) is 16.8 Å². The zero-order valence-electron chi connectivity index (χ0n) is 12.9. The van der Waals surface area contributed by atoms with Gasteiger partial charge in [0.05, 0.1) is 5.69 Å². The first-order valence-electron chi connectivity index (χ1n) is 7.69. The Balaban J connectivity index is 1.75. The molecule has 0 saturated heterocycles. The molecule has 0 fully saturated rings. The third-order valence-corrected chi connectivity index (χ3v) is 4.43. The lowest BCUT2D eigenvalue weighted by Gasteiger charge is -2.15. The number of benzene rings is 1. The number of aryl methyl sites for hydroxylation is 3. The minimum absolute atomic E-state index is 0.0996. The summed E-state index contributed by atoms with van der Waals surface area (Å²) in [6.07, 6.45) is 3.93. The summed E-state index contributed by atoms with van der Waals surface area (Å²) in [7, 11) is 0. The van der Waals surface area contributed by atoms with Crippen LogP contribution in [0.15, 0.2) is 29.1 Å². The van der Waals surface area contributed by atoms with Gasteiger partial charge in [-0.05, 0) is 55.9 Å². The number of nitrogens with zero attached hydrogens (tertiary/aromatic N) is 2. The van der Waals surface area contributed by atoms with Crippen molar-refractivity contribution in [1.29, 1.82) is 0 Å². The monoisotopic (exact) mass is 331 g/mol. The standard InChI is InChI=1S/C17H18ClN3O2/c1-11-6-7-13(9-14(11)18)19-16(22)10-21-17(23)8-12-4-2-3-5-15(12)20-21/h6-9H,2-5,10H2,1H3,(H,19,22). The van der Waals surface area contributed by atoms with E-state index in [0.29, 0.717) is 10.7 Å². The Bertz CT molecular complexity index is 814. The van der Waals surface area contributed by atoms with E-state index in [9.17, 15) is 9.59 Å². The molecule has 2 aromatic rings. The van der Waals surface area contributed by atoms with Gasteiger partial charge in [0.15, 0.2) is 0 Å². The Labute approximate surface area is 139 Å². The lowest BCUT2D eigenvalue weighted by Crippen LogP contribution is -2.31. The van der Waals surface area contributed by atoms with E-state index in [2.05, 4.69) is 10.4 Å². The second kappa shape index (κ2) is 6.54. The van der Waals surface area contributed by atoms with Gasteiger partial charge >= 0.3 is 0 Å². The number of carbonyl (C=O) groups excluding carboxylic acids is 1. The predicted molar refractivity (Wildman–Crippen MR) is 90.0 cm³/mol. The van der Waals surface area contributed by atoms with Crippen molar-refractivity contribution in [3.8, 4) is 0 Å². The van der Waals surface area contributed by atoms with Gasteiger partial charge in [-0.2, -0.15) is 5.10 Å². The van der Waals surface area contributed by atoms with Crippen molar-refractivity contribution in [3.05, 3.63) is 56.5 Å². The van der Waals surface area contributed by atoms with Crippen molar-refractivity contribution < 1.29 is 4.79 Å². The van der Waals surface area contributed by atoms with Gasteiger partial charge in [-0.25, -0.2) is 4.68 Å². The minimum atomic E-state index is -0.296. The summed E-state index contributed by atoms with van der Waals surface area (Å²) in [6.45, 7) is 1.79. The predicted octanol–water partition coefficient (Wildman–Crippen LogP) is 2.72. The van der Waals surface area contributed by atoms with Crippen LogP contribution in [0.25, 0.3) is 0 Å². The largest absolute Gasteiger partial charge is 0.324 e. The van der Waals surface area contributed by atoms with Gasteiger partial charge < -0.3 is 5.32 Å². The fraction of sp³-hybridized carbons (Fsp3) is 0.353. The topological polar surface area (TPSA) is 64.0 Å². The molecule has 0 radical (unpaired) electrons. The number of anilines is 1. The van der Waals surface area contributed by atoms with Crippen LogP contribution in [0.2, 0.25) is 5.02 Å². The highest BCUT2D eigenvalue weighted by atomic mass is 35.5. The zero-order chi connectivity index (χ0) is 16.4. The van der Waals surface area contributed by atoms with E-state index >= 15 is 0 Å². The van der Waals surface area contributed by atoms with Crippen LogP contribution in [0.5, 0.6) is 0 Å². The van der Waals surface area contributed by atoms with Crippen LogP contribution in [-0.4, -0.2) is 15.7 Å². The van der Waals surface area contributed by atoms with E-state index in [4.69, 9.17) is 11.6 Å². The van der Waals surface area contributed by atoms with Crippen LogP contribution < -0.4 is 10.9 Å². The lowest BCUT2D eigenvalue weighted by molar-refractivity contribution is -0.117. The molecule has 0 atom stereocenters. The summed E-state index contributed by atoms with van der Waals surface area (Å²) >= 11 is 6.04. The zero-order valence-corrected chi connectivity index (χ0v) is 13.7. The number of fused-ring (bicyclic) bond motifs is 1. The fourth-order valence-corrected chi connectivity index (χ4v) is 2.90. The van der Waals surface area contributed by atoms with Crippen molar-refractivity contribution in [2.24, 2.45) is 0 Å². The summed E-state index contributed by atoms with van der Waals surface area (Å²) in [5.74, 6) is -0.296. The van der Waals surface area contributed by atoms with Crippen LogP contribution in [0.4, 0.5) is 5.69 Å². The van der Waals surface area contributed by atoms with Crippen molar-refractivity contribution >= 4 is 23.2 Å². The highest BCUT2D eigenvalue weighted by Crippen LogP contribution is 2.20. The van der Waals surface area contributed by atoms with E-state index in [1.807, 2.05) is 13.0 Å². The Morgan fingerprint density at radius 2 is 2.09 bits per heavy atom. The first-order chi connectivity index (χ1) is 11.0. The Hall–Kier alpha value is -2.14. The fourth-order valence-electron chi connectivity index (χ4n) is 2.72. The number of amides is 1. The Morgan fingerprint density at radius 1 is 1.30 bits per heavy atom. The quantitative estimate of drug-likeness (QED) is 0.940. The van der Waals surface area contributed by atoms with E-state index < -0.39 is 0 Å². The molecule has 1 aliphatic rings. The van der Waals surface area contributed by atoms with E-state index in [0.717, 1.165) is 42.5 Å². The molecular formula is C17H18ClN3O2. The van der Waals surface area contributed by atoms with Gasteiger partial charge in [-0.1, -0.05) is 17.7 Å². The average Bonchev–Trinajstić information content (AvgIpc) is 2.51. The summed E-state index contributed by atoms with van der Waals surface area (Å²) < 4.78 is 1.23. The number of halogens is 1. The highest BCUT2D eigenvalue weighted by molar-refractivity contribution is 6.31. The number of nitrogens with one attached hydrogen (secondary N) is 1. The molecule has 120 valence electrons. The number of rotatable bonds is 3. The Morgan fingerprint density at radius 3 is 2.87 bits per heavy atom. The van der Waals surface area contributed by atoms with Crippen LogP contribution in [0.1, 0.15) is 29.7 Å². The van der Waals surface area contributed by atoms with Gasteiger partial charge in [-0.15, -0.1) is 0 Å². The molecule has 1 aliphatic carbocycles. The molecule has 1 aromatic heterocycles. The molecule has 3 rings (SSSR count). The molecule has 0 aliphatic heterocycles. The normalized spacial score (nSPS) is 13.5. The summed E-state index contributed by atoms with van der Waals surface area (Å²) in [5, 5.41) is 7.68. The molecule has 1 aromatic carbocycles. The maximum absolute atomic E-state index is 12.1. The molecule has 1 amide bonds. The van der Waals surface area contributed by atoms with Crippen LogP contribution in [-0.2, 0) is 24.2 Å². The number of hydrogen-bond donors (Lipinski definition) is 1. The molecule has 0 unspecified atom stereocenters. The number of aromatic nitrogens is 2. The van der Waals surface area contributed by atoms with Crippen molar-refractivity contribution in [3.63, 3.8) is 0 Å². The second-order valence-corrected chi connectivity index (χ2v) is 6.24. The average molecular weight is 332 g/mol. The first-order valence-corrected chi connectivity index (χ1v) is 8.06. The maximum Gasteiger partial charge on any atom is 0.267 e. The highest BCUT2D eigenvalue weighted by Gasteiger charge is 2.14. The summed E-state index contributed by atoms with van der Waals surface area (Å²) in [6, 6.07) is 6.92. The Kier molecular flexibility index (Phi) is 4.48. The van der Waals surface area contributed by atoms with Gasteiger partial charge in [-0.3, -0.25) is 9.59 Å². The van der Waals surface area contributed by atoms with Crippen LogP contribution in [0, 0.1) is 6.92 Å². The number of carbonyl (C=O) groups is 1. The van der Waals surface area contributed by atoms with E-state index in [-0.39, 0.29) is 18.0 Å². The third kappa shape index (κ3) is 3.62. The van der Waals surface area contributed by atoms with Crippen LogP contribution >= 0.6 is 11.6 Å². The number of hydrogen-bond acceptors (Lipinski definition) is 3. The molecule has 1 heterocycles. The van der Waals surface area contributed by atoms with Crippen molar-refractivity contribution in [2.75, 3.05) is 5.32 Å². The van der Waals surface area contributed by atoms with Crippen molar-refractivity contribution in [2.45, 2.75) is 39.2 Å². The maximum atomic E-state index is 12.1. The molecule has 23 heavy (non-hydrogen) atoms. The lowest BCUT2D eigenvalue weighted by atomic mass is 9.97. The summed E-state index contributed by atoms with van der Waals surface area (Å²) in [4.78, 5) is 24.2.